The minimum atomic E-state index is 0.821. The average Bonchev–Trinajstić information content (AvgIpc) is 2.46. The van der Waals surface area contributed by atoms with Crippen LogP contribution in [0.5, 0.6) is 0 Å². The van der Waals surface area contributed by atoms with E-state index in [4.69, 9.17) is 0 Å². The molecule has 1 aliphatic rings. The van der Waals surface area contributed by atoms with Crippen LogP contribution in [0.4, 0.5) is 0 Å². The molecule has 0 spiro atoms. The number of nitrogens with zero attached hydrogens (tertiary/aromatic N) is 4. The van der Waals surface area contributed by atoms with E-state index in [9.17, 15) is 4.91 Å². The number of likely N-dealkylation sites (N-methyl/N-ethyl adjacent to an activating group) is 1. The largest absolute Gasteiger partial charge is 0.335 e. The third-order valence-corrected chi connectivity index (χ3v) is 2.08. The lowest BCUT2D eigenvalue weighted by Crippen LogP contribution is -2.28. The second-order valence-electron chi connectivity index (χ2n) is 3.50. The van der Waals surface area contributed by atoms with Crippen LogP contribution < -0.4 is 0 Å². The first-order valence-corrected chi connectivity index (χ1v) is 4.50. The highest BCUT2D eigenvalue weighted by Crippen LogP contribution is 2.16. The molecule has 0 fully saturated rings. The average molecular weight is 196 g/mol. The monoisotopic (exact) mass is 196 g/mol. The molecule has 0 bridgehead atoms. The van der Waals surface area contributed by atoms with Crippen LogP contribution in [0.15, 0.2) is 29.6 Å². The van der Waals surface area contributed by atoms with E-state index in [0.717, 1.165) is 18.9 Å². The molecule has 0 unspecified atom stereocenters. The quantitative estimate of drug-likeness (QED) is 0.624. The van der Waals surface area contributed by atoms with E-state index < -0.39 is 0 Å². The predicted molar refractivity (Wildman–Crippen MR) is 56.0 cm³/mol. The molecular weight excluding hydrogens is 180 g/mol. The predicted octanol–water partition coefficient (Wildman–Crippen LogP) is 0.832. The van der Waals surface area contributed by atoms with Crippen molar-refractivity contribution in [3.05, 3.63) is 29.3 Å². The minimum Gasteiger partial charge on any atom is -0.335 e. The second kappa shape index (κ2) is 4.76. The summed E-state index contributed by atoms with van der Waals surface area (Å²) < 4.78 is 0. The topological polar surface area (TPSA) is 39.1 Å². The van der Waals surface area contributed by atoms with Crippen LogP contribution in [0, 0.1) is 4.91 Å². The maximum absolute atomic E-state index is 10.2. The second-order valence-corrected chi connectivity index (χ2v) is 3.50. The summed E-state index contributed by atoms with van der Waals surface area (Å²) in [5.41, 5.74) is 0. The van der Waals surface area contributed by atoms with Crippen LogP contribution >= 0.6 is 0 Å². The highest BCUT2D eigenvalue weighted by molar-refractivity contribution is 5.12. The first-order chi connectivity index (χ1) is 6.65. The summed E-state index contributed by atoms with van der Waals surface area (Å²) in [4.78, 5) is 16.1. The fraction of sp³-hybridized carbons (Fsp3) is 0.556. The molecule has 5 heteroatoms. The fourth-order valence-corrected chi connectivity index (χ4v) is 1.24. The molecule has 14 heavy (non-hydrogen) atoms. The van der Waals surface area contributed by atoms with Crippen molar-refractivity contribution in [2.24, 2.45) is 5.18 Å². The molecule has 5 nitrogen and oxygen atoms in total. The Morgan fingerprint density at radius 3 is 2.79 bits per heavy atom. The summed E-state index contributed by atoms with van der Waals surface area (Å²) in [6.45, 7) is 1.80. The molecule has 1 aliphatic heterocycles. The molecular formula is C9H16N4O. The highest BCUT2D eigenvalue weighted by atomic mass is 16.2. The molecule has 0 aromatic heterocycles. The lowest BCUT2D eigenvalue weighted by Gasteiger charge is -2.22. The Morgan fingerprint density at radius 2 is 2.21 bits per heavy atom. The van der Waals surface area contributed by atoms with E-state index in [1.165, 1.54) is 6.20 Å². The Balaban J connectivity index is 2.56. The summed E-state index contributed by atoms with van der Waals surface area (Å²) in [7, 11) is 5.93. The van der Waals surface area contributed by atoms with Crippen molar-refractivity contribution >= 4 is 0 Å². The van der Waals surface area contributed by atoms with Crippen LogP contribution in [-0.4, -0.2) is 48.9 Å². The van der Waals surface area contributed by atoms with E-state index >= 15 is 0 Å². The van der Waals surface area contributed by atoms with Gasteiger partial charge in [-0.3, -0.25) is 0 Å². The van der Waals surface area contributed by atoms with Crippen molar-refractivity contribution in [3.63, 3.8) is 0 Å². The van der Waals surface area contributed by atoms with Crippen LogP contribution in [0.25, 0.3) is 0 Å². The van der Waals surface area contributed by atoms with Gasteiger partial charge in [-0.15, -0.1) is 4.91 Å². The van der Waals surface area contributed by atoms with Gasteiger partial charge in [-0.25, -0.2) is 0 Å². The molecule has 0 saturated heterocycles. The maximum atomic E-state index is 10.2. The number of hydrogen-bond acceptors (Lipinski definition) is 5. The Hall–Kier alpha value is -1.36. The Labute approximate surface area is 84.2 Å². The van der Waals surface area contributed by atoms with Gasteiger partial charge in [0.15, 0.2) is 0 Å². The first-order valence-electron chi connectivity index (χ1n) is 4.50. The first kappa shape index (κ1) is 10.7. The Morgan fingerprint density at radius 1 is 1.50 bits per heavy atom. The zero-order chi connectivity index (χ0) is 10.6. The van der Waals surface area contributed by atoms with Crippen LogP contribution in [0.3, 0.4) is 0 Å². The standard InChI is InChI=1S/C9H16N4O/c1-11(2)4-6-13-7-5-12(3)9(13)8-10-14/h5,7-8H,4,6H2,1-3H3/b9-8-. The molecule has 0 saturated carbocycles. The lowest BCUT2D eigenvalue weighted by molar-refractivity contribution is 0.323. The van der Waals surface area contributed by atoms with Gasteiger partial charge in [0.2, 0.25) is 0 Å². The van der Waals surface area contributed by atoms with Gasteiger partial charge in [-0.1, -0.05) is 0 Å². The van der Waals surface area contributed by atoms with Gasteiger partial charge in [-0.2, -0.15) is 0 Å². The number of rotatable bonds is 4. The molecule has 1 rings (SSSR count). The lowest BCUT2D eigenvalue weighted by atomic mass is 10.5. The van der Waals surface area contributed by atoms with Gasteiger partial charge in [0, 0.05) is 32.5 Å². The van der Waals surface area contributed by atoms with Crippen molar-refractivity contribution in [1.82, 2.24) is 14.7 Å². The summed E-state index contributed by atoms with van der Waals surface area (Å²) in [6.07, 6.45) is 5.18. The normalized spacial score (nSPS) is 18.7. The van der Waals surface area contributed by atoms with E-state index in [-0.39, 0.29) is 0 Å². The third-order valence-electron chi connectivity index (χ3n) is 2.08. The summed E-state index contributed by atoms with van der Waals surface area (Å²) >= 11 is 0. The molecule has 0 radical (unpaired) electrons. The summed E-state index contributed by atoms with van der Waals surface area (Å²) in [5.74, 6) is 0.821. The fourth-order valence-electron chi connectivity index (χ4n) is 1.24. The van der Waals surface area contributed by atoms with Gasteiger partial charge < -0.3 is 14.7 Å². The van der Waals surface area contributed by atoms with E-state index in [1.54, 1.807) is 0 Å². The van der Waals surface area contributed by atoms with Gasteiger partial charge in [0.05, 0.1) is 0 Å². The third kappa shape index (κ3) is 2.56. The van der Waals surface area contributed by atoms with Crippen molar-refractivity contribution in [2.75, 3.05) is 34.2 Å². The highest BCUT2D eigenvalue weighted by Gasteiger charge is 2.16. The molecule has 0 N–H and O–H groups in total. The molecule has 0 aromatic carbocycles. The van der Waals surface area contributed by atoms with Crippen molar-refractivity contribution in [2.45, 2.75) is 0 Å². The van der Waals surface area contributed by atoms with Crippen LogP contribution in [-0.2, 0) is 0 Å². The van der Waals surface area contributed by atoms with Crippen molar-refractivity contribution < 1.29 is 0 Å². The molecule has 78 valence electrons. The molecule has 1 heterocycles. The van der Waals surface area contributed by atoms with Crippen molar-refractivity contribution in [3.8, 4) is 0 Å². The molecule has 0 atom stereocenters. The Kier molecular flexibility index (Phi) is 3.64. The smallest absolute Gasteiger partial charge is 0.134 e. The van der Waals surface area contributed by atoms with E-state index in [0.29, 0.717) is 0 Å². The van der Waals surface area contributed by atoms with Gasteiger partial charge in [0.25, 0.3) is 0 Å². The number of nitroso groups, excluding NO2 is 1. The zero-order valence-electron chi connectivity index (χ0n) is 8.84. The van der Waals surface area contributed by atoms with Crippen molar-refractivity contribution in [1.29, 1.82) is 0 Å². The Bertz CT molecular complexity index is 260. The van der Waals surface area contributed by atoms with Crippen LogP contribution in [0.1, 0.15) is 0 Å². The molecule has 0 amide bonds. The van der Waals surface area contributed by atoms with Gasteiger partial charge in [0.1, 0.15) is 12.0 Å². The summed E-state index contributed by atoms with van der Waals surface area (Å²) in [6, 6.07) is 0. The van der Waals surface area contributed by atoms with E-state index in [1.807, 2.05) is 43.3 Å². The van der Waals surface area contributed by atoms with Gasteiger partial charge in [-0.05, 0) is 19.3 Å². The zero-order valence-corrected chi connectivity index (χ0v) is 8.84. The molecule has 0 aliphatic carbocycles. The van der Waals surface area contributed by atoms with E-state index in [2.05, 4.69) is 10.1 Å². The summed E-state index contributed by atoms with van der Waals surface area (Å²) in [5, 5.41) is 2.80. The number of hydrogen-bond donors (Lipinski definition) is 0. The van der Waals surface area contributed by atoms with Crippen LogP contribution in [0.2, 0.25) is 0 Å². The molecule has 0 aromatic rings. The maximum Gasteiger partial charge on any atom is 0.134 e. The SMILES string of the molecule is CN(C)CCN1C=CN(C)/C1=C/N=O. The minimum absolute atomic E-state index is 0.821. The van der Waals surface area contributed by atoms with Gasteiger partial charge >= 0.3 is 0 Å².